The maximum Gasteiger partial charge on any atom is 0.0337 e. The Morgan fingerprint density at radius 1 is 0.950 bits per heavy atom. The topological polar surface area (TPSA) is 15.3 Å². The molecule has 0 bridgehead atoms. The monoisotopic (exact) mass is 278 g/mol. The molecule has 1 aliphatic heterocycles. The van der Waals surface area contributed by atoms with E-state index in [1.807, 2.05) is 0 Å². The zero-order chi connectivity index (χ0) is 14.1. The lowest BCUT2D eigenvalue weighted by molar-refractivity contribution is -0.0485. The van der Waals surface area contributed by atoms with Gasteiger partial charge in [-0.1, -0.05) is 46.0 Å². The van der Waals surface area contributed by atoms with Crippen LogP contribution in [0, 0.1) is 0 Å². The van der Waals surface area contributed by atoms with E-state index in [2.05, 4.69) is 24.1 Å². The van der Waals surface area contributed by atoms with Crippen LogP contribution in [-0.4, -0.2) is 35.1 Å². The van der Waals surface area contributed by atoms with Crippen LogP contribution in [-0.2, 0) is 0 Å². The summed E-state index contributed by atoms with van der Waals surface area (Å²) in [5.74, 6) is 0. The second kappa shape index (κ2) is 5.96. The molecule has 116 valence electrons. The Kier molecular flexibility index (Phi) is 4.42. The minimum absolute atomic E-state index is 0.394. The lowest BCUT2D eigenvalue weighted by Crippen LogP contribution is -2.71. The van der Waals surface area contributed by atoms with E-state index in [-0.39, 0.29) is 0 Å². The molecule has 20 heavy (non-hydrogen) atoms. The van der Waals surface area contributed by atoms with Crippen molar-refractivity contribution in [3.63, 3.8) is 0 Å². The van der Waals surface area contributed by atoms with Crippen molar-refractivity contribution in [3.8, 4) is 0 Å². The molecule has 1 saturated heterocycles. The molecule has 0 aromatic rings. The highest BCUT2D eigenvalue weighted by atomic mass is 15.3. The van der Waals surface area contributed by atoms with E-state index in [0.717, 1.165) is 6.04 Å². The van der Waals surface area contributed by atoms with Crippen LogP contribution >= 0.6 is 0 Å². The van der Waals surface area contributed by atoms with E-state index in [4.69, 9.17) is 0 Å². The summed E-state index contributed by atoms with van der Waals surface area (Å²) in [7, 11) is 0. The summed E-state index contributed by atoms with van der Waals surface area (Å²) in [6.45, 7) is 7.32. The second-order valence-electron chi connectivity index (χ2n) is 7.69. The normalized spacial score (nSPS) is 30.9. The molecular weight excluding hydrogens is 244 g/mol. The average molecular weight is 278 g/mol. The molecule has 3 rings (SSSR count). The summed E-state index contributed by atoms with van der Waals surface area (Å²) in [4.78, 5) is 3.02. The number of nitrogens with zero attached hydrogens (tertiary/aromatic N) is 1. The van der Waals surface area contributed by atoms with Gasteiger partial charge in [0, 0.05) is 30.2 Å². The van der Waals surface area contributed by atoms with Gasteiger partial charge in [0.25, 0.3) is 0 Å². The van der Waals surface area contributed by atoms with Gasteiger partial charge in [-0.3, -0.25) is 4.90 Å². The highest BCUT2D eigenvalue weighted by Crippen LogP contribution is 2.42. The third-order valence-corrected chi connectivity index (χ3v) is 6.78. The highest BCUT2D eigenvalue weighted by molar-refractivity contribution is 5.07. The Hall–Kier alpha value is -0.0800. The largest absolute Gasteiger partial charge is 0.308 e. The van der Waals surface area contributed by atoms with Gasteiger partial charge in [-0.2, -0.15) is 0 Å². The van der Waals surface area contributed by atoms with Crippen molar-refractivity contribution in [1.29, 1.82) is 0 Å². The van der Waals surface area contributed by atoms with Gasteiger partial charge in [0.15, 0.2) is 0 Å². The summed E-state index contributed by atoms with van der Waals surface area (Å²) < 4.78 is 0. The molecule has 1 heterocycles. The van der Waals surface area contributed by atoms with Gasteiger partial charge in [0.05, 0.1) is 0 Å². The lowest BCUT2D eigenvalue weighted by atomic mass is 9.74. The first-order valence-corrected chi connectivity index (χ1v) is 9.25. The molecule has 3 fully saturated rings. The maximum absolute atomic E-state index is 4.00. The predicted molar refractivity (Wildman–Crippen MR) is 86.1 cm³/mol. The summed E-state index contributed by atoms with van der Waals surface area (Å²) in [6, 6.07) is 0.896. The van der Waals surface area contributed by atoms with E-state index in [1.54, 1.807) is 0 Å². The van der Waals surface area contributed by atoms with E-state index >= 15 is 0 Å². The third-order valence-electron chi connectivity index (χ3n) is 6.78. The van der Waals surface area contributed by atoms with Crippen molar-refractivity contribution < 1.29 is 0 Å². The maximum atomic E-state index is 4.00. The Morgan fingerprint density at radius 2 is 1.60 bits per heavy atom. The number of piperazine rings is 1. The molecule has 3 aliphatic rings. The van der Waals surface area contributed by atoms with Crippen LogP contribution in [0.1, 0.15) is 84.5 Å². The summed E-state index contributed by atoms with van der Waals surface area (Å²) in [5, 5.41) is 4.00. The molecule has 1 spiro atoms. The summed E-state index contributed by atoms with van der Waals surface area (Å²) >= 11 is 0. The Morgan fingerprint density at radius 3 is 2.20 bits per heavy atom. The first kappa shape index (κ1) is 14.8. The van der Waals surface area contributed by atoms with Crippen LogP contribution in [0.4, 0.5) is 0 Å². The van der Waals surface area contributed by atoms with Gasteiger partial charge in [-0.15, -0.1) is 0 Å². The summed E-state index contributed by atoms with van der Waals surface area (Å²) in [6.07, 6.45) is 15.7. The molecule has 0 amide bonds. The highest BCUT2D eigenvalue weighted by Gasteiger charge is 2.48. The minimum atomic E-state index is 0.394. The minimum Gasteiger partial charge on any atom is -0.308 e. The SMILES string of the molecule is CCC1(CC)CN(C2CCCC2)C2(CCCCC2)CN1. The van der Waals surface area contributed by atoms with Crippen LogP contribution in [0.25, 0.3) is 0 Å². The first-order valence-electron chi connectivity index (χ1n) is 9.25. The van der Waals surface area contributed by atoms with Gasteiger partial charge in [-0.05, 0) is 38.5 Å². The van der Waals surface area contributed by atoms with Gasteiger partial charge >= 0.3 is 0 Å². The van der Waals surface area contributed by atoms with Crippen molar-refractivity contribution in [1.82, 2.24) is 10.2 Å². The standard InChI is InChI=1S/C18H34N2/c1-3-17(4-2)15-20(16-10-6-7-11-16)18(14-19-17)12-8-5-9-13-18/h16,19H,3-15H2,1-2H3. The van der Waals surface area contributed by atoms with Crippen molar-refractivity contribution in [2.75, 3.05) is 13.1 Å². The van der Waals surface area contributed by atoms with E-state index in [0.29, 0.717) is 11.1 Å². The number of rotatable bonds is 3. The van der Waals surface area contributed by atoms with Crippen molar-refractivity contribution in [3.05, 3.63) is 0 Å². The molecule has 0 aromatic heterocycles. The van der Waals surface area contributed by atoms with Crippen LogP contribution in [0.3, 0.4) is 0 Å². The van der Waals surface area contributed by atoms with Gasteiger partial charge < -0.3 is 5.32 Å². The molecule has 2 heteroatoms. The quantitative estimate of drug-likeness (QED) is 0.836. The Bertz CT molecular complexity index is 309. The van der Waals surface area contributed by atoms with Gasteiger partial charge in [0.1, 0.15) is 0 Å². The molecule has 2 nitrogen and oxygen atoms in total. The van der Waals surface area contributed by atoms with E-state index in [9.17, 15) is 0 Å². The molecule has 2 saturated carbocycles. The van der Waals surface area contributed by atoms with Crippen molar-refractivity contribution >= 4 is 0 Å². The Balaban J connectivity index is 1.83. The fraction of sp³-hybridized carbons (Fsp3) is 1.00. The number of nitrogens with one attached hydrogen (secondary N) is 1. The van der Waals surface area contributed by atoms with Crippen LogP contribution in [0.2, 0.25) is 0 Å². The third kappa shape index (κ3) is 2.54. The molecule has 0 atom stereocenters. The van der Waals surface area contributed by atoms with Crippen LogP contribution in [0.15, 0.2) is 0 Å². The molecular formula is C18H34N2. The van der Waals surface area contributed by atoms with E-state index < -0.39 is 0 Å². The van der Waals surface area contributed by atoms with Crippen molar-refractivity contribution in [2.24, 2.45) is 0 Å². The van der Waals surface area contributed by atoms with Crippen molar-refractivity contribution in [2.45, 2.75) is 102 Å². The second-order valence-corrected chi connectivity index (χ2v) is 7.69. The first-order chi connectivity index (χ1) is 9.74. The fourth-order valence-corrected chi connectivity index (χ4v) is 5.13. The van der Waals surface area contributed by atoms with Gasteiger partial charge in [-0.25, -0.2) is 0 Å². The van der Waals surface area contributed by atoms with Crippen LogP contribution < -0.4 is 5.32 Å². The smallest absolute Gasteiger partial charge is 0.0337 e. The molecule has 1 N–H and O–H groups in total. The average Bonchev–Trinajstić information content (AvgIpc) is 3.03. The molecule has 0 unspecified atom stereocenters. The predicted octanol–water partition coefficient (Wildman–Crippen LogP) is 4.10. The van der Waals surface area contributed by atoms with Gasteiger partial charge in [0.2, 0.25) is 0 Å². The molecule has 0 radical (unpaired) electrons. The number of hydrogen-bond donors (Lipinski definition) is 1. The van der Waals surface area contributed by atoms with E-state index in [1.165, 1.54) is 83.7 Å². The Labute approximate surface area is 125 Å². The number of hydrogen-bond acceptors (Lipinski definition) is 2. The zero-order valence-electron chi connectivity index (χ0n) is 13.7. The van der Waals surface area contributed by atoms with Crippen LogP contribution in [0.5, 0.6) is 0 Å². The molecule has 0 aromatic carbocycles. The molecule has 2 aliphatic carbocycles. The lowest BCUT2D eigenvalue weighted by Gasteiger charge is -2.58. The summed E-state index contributed by atoms with van der Waals surface area (Å²) in [5.41, 5.74) is 0.909. The zero-order valence-corrected chi connectivity index (χ0v) is 13.7. The fourth-order valence-electron chi connectivity index (χ4n) is 5.13.